The van der Waals surface area contributed by atoms with Crippen molar-refractivity contribution in [1.82, 2.24) is 13.2 Å². The fourth-order valence-electron chi connectivity index (χ4n) is 2.90. The Labute approximate surface area is 122 Å². The van der Waals surface area contributed by atoms with Crippen LogP contribution in [0.1, 0.15) is 10.0 Å². The Balaban J connectivity index is 2.25. The average molecular weight is 352 g/mol. The molecular weight excluding hydrogens is 341 g/mol. The summed E-state index contributed by atoms with van der Waals surface area (Å²) in [7, 11) is -3.38. The SMILES string of the molecule is CS(=O)(=O)n1c2c(c3ccccc31)CCc1[se]nnc1-2. The van der Waals surface area contributed by atoms with Crippen LogP contribution in [-0.2, 0) is 22.9 Å². The van der Waals surface area contributed by atoms with E-state index in [4.69, 9.17) is 0 Å². The van der Waals surface area contributed by atoms with Crippen LogP contribution in [0.25, 0.3) is 22.3 Å². The first-order valence-corrected chi connectivity index (χ1v) is 9.69. The molecule has 0 N–H and O–H groups in total. The van der Waals surface area contributed by atoms with E-state index in [9.17, 15) is 8.42 Å². The molecule has 0 bridgehead atoms. The number of para-hydroxylation sites is 1. The van der Waals surface area contributed by atoms with Gasteiger partial charge in [-0.3, -0.25) is 0 Å². The van der Waals surface area contributed by atoms with Crippen molar-refractivity contribution >= 4 is 35.7 Å². The van der Waals surface area contributed by atoms with Crippen LogP contribution in [0.4, 0.5) is 0 Å². The molecule has 102 valence electrons. The Kier molecular flexibility index (Phi) is 2.49. The Morgan fingerprint density at radius 1 is 1.25 bits per heavy atom. The number of nitrogens with zero attached hydrogens (tertiary/aromatic N) is 3. The standard InChI is InChI=1S/C13H11N3O2SSe/c1-19(17,18)16-10-5-3-2-4-8(10)9-6-7-11-12(13(9)16)14-15-20-11/h2-5H,6-7H2,1H3. The van der Waals surface area contributed by atoms with E-state index >= 15 is 0 Å². The first-order valence-electron chi connectivity index (χ1n) is 6.22. The molecule has 2 heterocycles. The van der Waals surface area contributed by atoms with Crippen LogP contribution >= 0.6 is 0 Å². The molecule has 1 aliphatic carbocycles. The van der Waals surface area contributed by atoms with Crippen LogP contribution in [-0.4, -0.2) is 42.6 Å². The number of fused-ring (bicyclic) bond motifs is 5. The number of hydrogen-bond acceptors (Lipinski definition) is 4. The van der Waals surface area contributed by atoms with Gasteiger partial charge in [0.05, 0.1) is 0 Å². The monoisotopic (exact) mass is 353 g/mol. The van der Waals surface area contributed by atoms with Gasteiger partial charge < -0.3 is 0 Å². The van der Waals surface area contributed by atoms with Crippen molar-refractivity contribution in [1.29, 1.82) is 0 Å². The summed E-state index contributed by atoms with van der Waals surface area (Å²) in [6, 6.07) is 7.65. The van der Waals surface area contributed by atoms with E-state index in [1.165, 1.54) is 14.7 Å². The third-order valence-electron chi connectivity index (χ3n) is 3.65. The summed E-state index contributed by atoms with van der Waals surface area (Å²) < 4.78 is 31.3. The number of benzene rings is 1. The molecule has 0 fully saturated rings. The first kappa shape index (κ1) is 12.3. The van der Waals surface area contributed by atoms with Gasteiger partial charge in [0, 0.05) is 0 Å². The number of hydrogen-bond donors (Lipinski definition) is 0. The van der Waals surface area contributed by atoms with Crippen LogP contribution in [0.15, 0.2) is 24.3 Å². The quantitative estimate of drug-likeness (QED) is 0.615. The van der Waals surface area contributed by atoms with Gasteiger partial charge in [0.2, 0.25) is 0 Å². The molecule has 5 nitrogen and oxygen atoms in total. The second-order valence-corrected chi connectivity index (χ2v) is 8.51. The van der Waals surface area contributed by atoms with Crippen molar-refractivity contribution in [3.05, 3.63) is 34.3 Å². The van der Waals surface area contributed by atoms with E-state index in [2.05, 4.69) is 9.19 Å². The summed E-state index contributed by atoms with van der Waals surface area (Å²) >= 11 is 0.0335. The third-order valence-corrected chi connectivity index (χ3v) is 6.33. The maximum atomic E-state index is 12.2. The first-order chi connectivity index (χ1) is 9.57. The van der Waals surface area contributed by atoms with Gasteiger partial charge in [-0.25, -0.2) is 0 Å². The molecule has 0 saturated heterocycles. The van der Waals surface area contributed by atoms with Crippen LogP contribution in [0.3, 0.4) is 0 Å². The van der Waals surface area contributed by atoms with Crippen molar-refractivity contribution in [2.45, 2.75) is 12.8 Å². The number of aryl methyl sites for hydroxylation is 2. The molecule has 0 spiro atoms. The molecule has 20 heavy (non-hydrogen) atoms. The molecule has 0 amide bonds. The van der Waals surface area contributed by atoms with Gasteiger partial charge in [-0.05, 0) is 0 Å². The Hall–Kier alpha value is -1.43. The van der Waals surface area contributed by atoms with Crippen molar-refractivity contribution in [2.75, 3.05) is 6.26 Å². The zero-order valence-corrected chi connectivity index (χ0v) is 13.2. The van der Waals surface area contributed by atoms with Crippen molar-refractivity contribution < 1.29 is 8.42 Å². The summed E-state index contributed by atoms with van der Waals surface area (Å²) in [5.41, 5.74) is 3.34. The molecule has 4 rings (SSSR count). The molecule has 3 aromatic rings. The molecule has 7 heteroatoms. The Bertz CT molecular complexity index is 940. The minimum absolute atomic E-state index is 0.0335. The van der Waals surface area contributed by atoms with E-state index in [1.807, 2.05) is 24.3 Å². The average Bonchev–Trinajstić information content (AvgIpc) is 2.99. The molecular formula is C13H11N3O2SSe. The zero-order chi connectivity index (χ0) is 13.9. The summed E-state index contributed by atoms with van der Waals surface area (Å²) in [5.74, 6) is 0. The van der Waals surface area contributed by atoms with Gasteiger partial charge in [-0.15, -0.1) is 0 Å². The van der Waals surface area contributed by atoms with E-state index in [-0.39, 0.29) is 14.7 Å². The van der Waals surface area contributed by atoms with Crippen molar-refractivity contribution in [3.63, 3.8) is 0 Å². The van der Waals surface area contributed by atoms with Gasteiger partial charge in [0.25, 0.3) is 0 Å². The fourth-order valence-corrected chi connectivity index (χ4v) is 5.29. The van der Waals surface area contributed by atoms with E-state index in [0.29, 0.717) is 0 Å². The third kappa shape index (κ3) is 1.57. The number of aromatic nitrogens is 3. The van der Waals surface area contributed by atoms with Crippen molar-refractivity contribution in [2.24, 2.45) is 0 Å². The molecule has 2 aromatic heterocycles. The predicted octanol–water partition coefficient (Wildman–Crippen LogP) is 1.06. The van der Waals surface area contributed by atoms with Crippen LogP contribution in [0.2, 0.25) is 0 Å². The van der Waals surface area contributed by atoms with Gasteiger partial charge in [0.15, 0.2) is 0 Å². The molecule has 0 aliphatic heterocycles. The van der Waals surface area contributed by atoms with Crippen LogP contribution < -0.4 is 0 Å². The van der Waals surface area contributed by atoms with E-state index in [1.54, 1.807) is 0 Å². The molecule has 0 saturated carbocycles. The summed E-state index contributed by atoms with van der Waals surface area (Å²) in [4.78, 5) is 0. The topological polar surface area (TPSA) is 64.8 Å². The molecule has 0 atom stereocenters. The molecule has 1 aromatic carbocycles. The molecule has 0 radical (unpaired) electrons. The second kappa shape index (κ2) is 4.04. The summed E-state index contributed by atoms with van der Waals surface area (Å²) in [6.07, 6.45) is 3.04. The fraction of sp³-hybridized carbons (Fsp3) is 0.231. The Morgan fingerprint density at radius 2 is 2.05 bits per heavy atom. The Morgan fingerprint density at radius 3 is 2.85 bits per heavy atom. The van der Waals surface area contributed by atoms with E-state index < -0.39 is 10.0 Å². The number of rotatable bonds is 1. The van der Waals surface area contributed by atoms with Gasteiger partial charge in [-0.1, -0.05) is 0 Å². The molecule has 0 unspecified atom stereocenters. The van der Waals surface area contributed by atoms with Crippen LogP contribution in [0.5, 0.6) is 0 Å². The summed E-state index contributed by atoms with van der Waals surface area (Å²) in [5, 5.41) is 5.22. The second-order valence-electron chi connectivity index (χ2n) is 4.92. The van der Waals surface area contributed by atoms with Crippen LogP contribution in [0, 0.1) is 0 Å². The maximum absolute atomic E-state index is 12.2. The summed E-state index contributed by atoms with van der Waals surface area (Å²) in [6.45, 7) is 0. The van der Waals surface area contributed by atoms with E-state index in [0.717, 1.165) is 40.7 Å². The van der Waals surface area contributed by atoms with Gasteiger partial charge in [-0.2, -0.15) is 0 Å². The van der Waals surface area contributed by atoms with Crippen molar-refractivity contribution in [3.8, 4) is 11.4 Å². The van der Waals surface area contributed by atoms with Gasteiger partial charge in [0.1, 0.15) is 0 Å². The molecule has 1 aliphatic rings. The predicted molar refractivity (Wildman–Crippen MR) is 77.6 cm³/mol. The zero-order valence-electron chi connectivity index (χ0n) is 10.7. The minimum atomic E-state index is -3.38. The normalized spacial score (nSPS) is 14.2. The van der Waals surface area contributed by atoms with Gasteiger partial charge >= 0.3 is 122 Å².